The number of halogens is 1. The van der Waals surface area contributed by atoms with Gasteiger partial charge in [0.05, 0.1) is 13.0 Å². The van der Waals surface area contributed by atoms with Crippen molar-refractivity contribution in [2.45, 2.75) is 45.7 Å². The highest BCUT2D eigenvalue weighted by atomic mass is 19.1. The van der Waals surface area contributed by atoms with E-state index in [0.717, 1.165) is 18.4 Å². The highest BCUT2D eigenvalue weighted by Crippen LogP contribution is 2.17. The lowest BCUT2D eigenvalue weighted by atomic mass is 10.0. The molecule has 0 aromatic heterocycles. The van der Waals surface area contributed by atoms with Gasteiger partial charge in [-0.1, -0.05) is 19.4 Å². The van der Waals surface area contributed by atoms with Crippen molar-refractivity contribution in [1.29, 1.82) is 0 Å². The minimum Gasteiger partial charge on any atom is -0.494 e. The Kier molecular flexibility index (Phi) is 7.15. The minimum atomic E-state index is -0.746. The van der Waals surface area contributed by atoms with Crippen molar-refractivity contribution < 1.29 is 19.0 Å². The molecule has 0 spiro atoms. The van der Waals surface area contributed by atoms with Crippen molar-refractivity contribution in [3.63, 3.8) is 0 Å². The van der Waals surface area contributed by atoms with Crippen molar-refractivity contribution in [2.75, 3.05) is 7.11 Å². The average Bonchev–Trinajstić information content (AvgIpc) is 2.45. The van der Waals surface area contributed by atoms with Crippen LogP contribution in [-0.2, 0) is 11.3 Å². The summed E-state index contributed by atoms with van der Waals surface area (Å²) >= 11 is 0. The van der Waals surface area contributed by atoms with E-state index in [2.05, 4.69) is 5.32 Å². The molecule has 1 aromatic rings. The van der Waals surface area contributed by atoms with Crippen molar-refractivity contribution >= 4 is 5.97 Å². The number of rotatable bonds is 9. The van der Waals surface area contributed by atoms with Crippen LogP contribution in [0.15, 0.2) is 18.2 Å². The van der Waals surface area contributed by atoms with E-state index in [1.165, 1.54) is 13.2 Å². The Morgan fingerprint density at radius 1 is 1.38 bits per heavy atom. The topological polar surface area (TPSA) is 58.6 Å². The van der Waals surface area contributed by atoms with E-state index >= 15 is 0 Å². The fraction of sp³-hybridized carbons (Fsp3) is 0.562. The van der Waals surface area contributed by atoms with Crippen LogP contribution in [0.25, 0.3) is 0 Å². The first-order valence-electron chi connectivity index (χ1n) is 7.22. The first kappa shape index (κ1) is 17.4. The Bertz CT molecular complexity index is 465. The molecule has 0 saturated carbocycles. The molecule has 0 fully saturated rings. The van der Waals surface area contributed by atoms with E-state index in [4.69, 9.17) is 9.84 Å². The summed E-state index contributed by atoms with van der Waals surface area (Å²) in [5.41, 5.74) is 0.860. The lowest BCUT2D eigenvalue weighted by molar-refractivity contribution is -0.141. The molecule has 0 radical (unpaired) electrons. The second-order valence-electron chi connectivity index (χ2n) is 5.42. The zero-order chi connectivity index (χ0) is 15.8. The Balaban J connectivity index is 2.31. The number of methoxy groups -OCH3 is 1. The maximum Gasteiger partial charge on any atom is 0.306 e. The van der Waals surface area contributed by atoms with Gasteiger partial charge in [-0.2, -0.15) is 0 Å². The van der Waals surface area contributed by atoms with E-state index in [-0.39, 0.29) is 23.5 Å². The third kappa shape index (κ3) is 6.12. The summed E-state index contributed by atoms with van der Waals surface area (Å²) in [6, 6.07) is 5.17. The maximum absolute atomic E-state index is 13.5. The molecule has 0 aliphatic heterocycles. The van der Waals surface area contributed by atoms with Gasteiger partial charge in [0.15, 0.2) is 11.6 Å². The van der Waals surface area contributed by atoms with Crippen LogP contribution < -0.4 is 10.1 Å². The normalized spacial score (nSPS) is 13.7. The van der Waals surface area contributed by atoms with Gasteiger partial charge in [0.25, 0.3) is 0 Å². The molecule has 1 rings (SSSR count). The van der Waals surface area contributed by atoms with Gasteiger partial charge in [-0.25, -0.2) is 4.39 Å². The average molecular weight is 297 g/mol. The van der Waals surface area contributed by atoms with Crippen LogP contribution in [0.4, 0.5) is 4.39 Å². The van der Waals surface area contributed by atoms with Gasteiger partial charge >= 0.3 is 5.97 Å². The second kappa shape index (κ2) is 8.62. The zero-order valence-corrected chi connectivity index (χ0v) is 12.9. The van der Waals surface area contributed by atoms with E-state index in [0.29, 0.717) is 13.0 Å². The van der Waals surface area contributed by atoms with E-state index in [1.54, 1.807) is 13.0 Å². The van der Waals surface area contributed by atoms with Gasteiger partial charge < -0.3 is 15.2 Å². The summed E-state index contributed by atoms with van der Waals surface area (Å²) < 4.78 is 18.4. The number of carbonyl (C=O) groups is 1. The molecule has 0 heterocycles. The summed E-state index contributed by atoms with van der Waals surface area (Å²) in [5.74, 6) is -1.16. The molecule has 1 aromatic carbocycles. The van der Waals surface area contributed by atoms with Crippen LogP contribution in [-0.4, -0.2) is 24.2 Å². The van der Waals surface area contributed by atoms with Gasteiger partial charge in [0, 0.05) is 12.6 Å². The van der Waals surface area contributed by atoms with Crippen LogP contribution in [0.1, 0.15) is 38.7 Å². The van der Waals surface area contributed by atoms with E-state index in [1.807, 2.05) is 13.0 Å². The van der Waals surface area contributed by atoms with Crippen LogP contribution >= 0.6 is 0 Å². The summed E-state index contributed by atoms with van der Waals surface area (Å²) in [7, 11) is 1.44. The molecule has 2 atom stereocenters. The molecular weight excluding hydrogens is 273 g/mol. The molecule has 21 heavy (non-hydrogen) atoms. The standard InChI is InChI=1S/C16H24FNO3/c1-11(16(19)20)5-4-6-12(2)18-10-13-7-8-15(21-3)14(17)9-13/h7-9,11-12,18H,4-6,10H2,1-3H3,(H,19,20). The highest BCUT2D eigenvalue weighted by Gasteiger charge is 2.11. The number of aliphatic carboxylic acids is 1. The van der Waals surface area contributed by atoms with E-state index in [9.17, 15) is 9.18 Å². The Hall–Kier alpha value is -1.62. The molecule has 2 N–H and O–H groups in total. The number of ether oxygens (including phenoxy) is 1. The fourth-order valence-electron chi connectivity index (χ4n) is 2.07. The Labute approximate surface area is 125 Å². The van der Waals surface area contributed by atoms with Crippen molar-refractivity contribution in [3.8, 4) is 5.75 Å². The van der Waals surface area contributed by atoms with Crippen LogP contribution in [0.3, 0.4) is 0 Å². The molecule has 0 saturated heterocycles. The summed E-state index contributed by atoms with van der Waals surface area (Å²) in [6.45, 7) is 4.35. The summed E-state index contributed by atoms with van der Waals surface area (Å²) in [4.78, 5) is 10.7. The van der Waals surface area contributed by atoms with Gasteiger partial charge in [0.2, 0.25) is 0 Å². The molecule has 0 bridgehead atoms. The predicted octanol–water partition coefficient (Wildman–Crippen LogP) is 3.20. The first-order valence-corrected chi connectivity index (χ1v) is 7.22. The highest BCUT2D eigenvalue weighted by molar-refractivity contribution is 5.69. The SMILES string of the molecule is COc1ccc(CNC(C)CCCC(C)C(=O)O)cc1F. The molecular formula is C16H24FNO3. The van der Waals surface area contributed by atoms with Crippen molar-refractivity contribution in [3.05, 3.63) is 29.6 Å². The number of hydrogen-bond acceptors (Lipinski definition) is 3. The Morgan fingerprint density at radius 2 is 2.10 bits per heavy atom. The molecule has 2 unspecified atom stereocenters. The number of carboxylic acids is 1. The fourth-order valence-corrected chi connectivity index (χ4v) is 2.07. The minimum absolute atomic E-state index is 0.245. The van der Waals surface area contributed by atoms with Crippen LogP contribution in [0, 0.1) is 11.7 Å². The third-order valence-electron chi connectivity index (χ3n) is 3.57. The first-order chi connectivity index (χ1) is 9.93. The number of nitrogens with one attached hydrogen (secondary N) is 1. The third-order valence-corrected chi connectivity index (χ3v) is 3.57. The molecule has 4 nitrogen and oxygen atoms in total. The van der Waals surface area contributed by atoms with Crippen LogP contribution in [0.5, 0.6) is 5.75 Å². The van der Waals surface area contributed by atoms with Gasteiger partial charge in [-0.05, 0) is 37.5 Å². The van der Waals surface area contributed by atoms with Gasteiger partial charge in [-0.3, -0.25) is 4.79 Å². The lowest BCUT2D eigenvalue weighted by Crippen LogP contribution is -2.25. The molecule has 5 heteroatoms. The van der Waals surface area contributed by atoms with Gasteiger partial charge in [-0.15, -0.1) is 0 Å². The predicted molar refractivity (Wildman–Crippen MR) is 79.9 cm³/mol. The monoisotopic (exact) mass is 297 g/mol. The largest absolute Gasteiger partial charge is 0.494 e. The number of benzene rings is 1. The molecule has 0 aliphatic carbocycles. The second-order valence-corrected chi connectivity index (χ2v) is 5.42. The van der Waals surface area contributed by atoms with Crippen LogP contribution in [0.2, 0.25) is 0 Å². The van der Waals surface area contributed by atoms with E-state index < -0.39 is 5.97 Å². The quantitative estimate of drug-likeness (QED) is 0.735. The molecule has 0 aliphatic rings. The summed E-state index contributed by atoms with van der Waals surface area (Å²) in [5, 5.41) is 12.1. The van der Waals surface area contributed by atoms with Gasteiger partial charge in [0.1, 0.15) is 0 Å². The molecule has 0 amide bonds. The van der Waals surface area contributed by atoms with Crippen molar-refractivity contribution in [2.24, 2.45) is 5.92 Å². The summed E-state index contributed by atoms with van der Waals surface area (Å²) in [6.07, 6.45) is 2.44. The smallest absolute Gasteiger partial charge is 0.306 e. The zero-order valence-electron chi connectivity index (χ0n) is 12.9. The Morgan fingerprint density at radius 3 is 2.67 bits per heavy atom. The number of hydrogen-bond donors (Lipinski definition) is 2. The maximum atomic E-state index is 13.5. The number of carboxylic acid groups (broad SMARTS) is 1. The van der Waals surface area contributed by atoms with Crippen molar-refractivity contribution in [1.82, 2.24) is 5.32 Å². The lowest BCUT2D eigenvalue weighted by Gasteiger charge is -2.15. The molecule has 118 valence electrons.